The smallest absolute Gasteiger partial charge is 0.269 e. The van der Waals surface area contributed by atoms with E-state index in [4.69, 9.17) is 0 Å². The first kappa shape index (κ1) is 15.3. The zero-order chi connectivity index (χ0) is 15.7. The SMILES string of the molecule is Cc1nc(-c2cccs2)sc1C(=O)Nc1nnc(C(C)C)s1. The van der Waals surface area contributed by atoms with Crippen molar-refractivity contribution in [3.63, 3.8) is 0 Å². The van der Waals surface area contributed by atoms with E-state index in [1.165, 1.54) is 22.7 Å². The van der Waals surface area contributed by atoms with Crippen molar-refractivity contribution >= 4 is 45.0 Å². The highest BCUT2D eigenvalue weighted by molar-refractivity contribution is 7.22. The average Bonchev–Trinajstić information content (AvgIpc) is 3.16. The third-order valence-electron chi connectivity index (χ3n) is 2.89. The zero-order valence-corrected chi connectivity index (χ0v) is 14.7. The van der Waals surface area contributed by atoms with Gasteiger partial charge in [-0.15, -0.1) is 32.9 Å². The Labute approximate surface area is 140 Å². The number of thiazole rings is 1. The number of thiophene rings is 1. The summed E-state index contributed by atoms with van der Waals surface area (Å²) in [4.78, 5) is 18.6. The second-order valence-electron chi connectivity index (χ2n) is 4.97. The number of anilines is 1. The second kappa shape index (κ2) is 6.23. The van der Waals surface area contributed by atoms with Gasteiger partial charge in [-0.3, -0.25) is 10.1 Å². The second-order valence-corrected chi connectivity index (χ2v) is 7.92. The molecule has 0 aliphatic carbocycles. The number of nitrogens with zero attached hydrogens (tertiary/aromatic N) is 3. The van der Waals surface area contributed by atoms with Crippen molar-refractivity contribution < 1.29 is 4.79 Å². The Balaban J connectivity index is 1.80. The van der Waals surface area contributed by atoms with Crippen molar-refractivity contribution in [2.45, 2.75) is 26.7 Å². The molecule has 3 heterocycles. The van der Waals surface area contributed by atoms with Crippen LogP contribution in [0.3, 0.4) is 0 Å². The third-order valence-corrected chi connectivity index (χ3v) is 6.22. The minimum Gasteiger partial charge on any atom is -0.296 e. The molecule has 3 rings (SSSR count). The highest BCUT2D eigenvalue weighted by Crippen LogP contribution is 2.31. The summed E-state index contributed by atoms with van der Waals surface area (Å²) in [5.41, 5.74) is 0.736. The summed E-state index contributed by atoms with van der Waals surface area (Å²) in [6, 6.07) is 3.98. The lowest BCUT2D eigenvalue weighted by molar-refractivity contribution is 0.102. The molecule has 0 atom stereocenters. The van der Waals surface area contributed by atoms with Crippen LogP contribution in [0.25, 0.3) is 9.88 Å². The fourth-order valence-corrected chi connectivity index (χ4v) is 4.28. The predicted molar refractivity (Wildman–Crippen MR) is 92.1 cm³/mol. The lowest BCUT2D eigenvalue weighted by Crippen LogP contribution is -2.11. The van der Waals surface area contributed by atoms with Crippen molar-refractivity contribution in [2.24, 2.45) is 0 Å². The molecular formula is C14H14N4OS3. The van der Waals surface area contributed by atoms with Crippen LogP contribution < -0.4 is 5.32 Å². The molecule has 0 aromatic carbocycles. The number of aryl methyl sites for hydroxylation is 1. The van der Waals surface area contributed by atoms with Crippen LogP contribution in [0.4, 0.5) is 5.13 Å². The monoisotopic (exact) mass is 350 g/mol. The van der Waals surface area contributed by atoms with Crippen molar-refractivity contribution in [3.05, 3.63) is 33.1 Å². The van der Waals surface area contributed by atoms with E-state index in [0.29, 0.717) is 15.9 Å². The normalized spacial score (nSPS) is 11.1. The predicted octanol–water partition coefficient (Wildman–Crippen LogP) is 4.41. The number of rotatable bonds is 4. The highest BCUT2D eigenvalue weighted by Gasteiger charge is 2.18. The molecule has 114 valence electrons. The van der Waals surface area contributed by atoms with Gasteiger partial charge in [0.1, 0.15) is 14.9 Å². The Kier molecular flexibility index (Phi) is 4.32. The van der Waals surface area contributed by atoms with Crippen LogP contribution in [0.5, 0.6) is 0 Å². The van der Waals surface area contributed by atoms with Gasteiger partial charge in [0.2, 0.25) is 5.13 Å². The van der Waals surface area contributed by atoms with Gasteiger partial charge in [-0.25, -0.2) is 4.98 Å². The Morgan fingerprint density at radius 1 is 1.27 bits per heavy atom. The molecule has 1 amide bonds. The summed E-state index contributed by atoms with van der Waals surface area (Å²) in [5, 5.41) is 15.2. The molecular weight excluding hydrogens is 336 g/mol. The van der Waals surface area contributed by atoms with Gasteiger partial charge in [0.15, 0.2) is 0 Å². The molecule has 0 unspecified atom stereocenters. The summed E-state index contributed by atoms with van der Waals surface area (Å²) >= 11 is 4.42. The van der Waals surface area contributed by atoms with Gasteiger partial charge in [-0.05, 0) is 18.4 Å². The molecule has 0 saturated carbocycles. The first-order valence-corrected chi connectivity index (χ1v) is 9.22. The zero-order valence-electron chi connectivity index (χ0n) is 12.3. The molecule has 5 nitrogen and oxygen atoms in total. The lowest BCUT2D eigenvalue weighted by atomic mass is 10.2. The minimum atomic E-state index is -0.177. The van der Waals surface area contributed by atoms with E-state index in [9.17, 15) is 4.79 Å². The average molecular weight is 350 g/mol. The first-order valence-electron chi connectivity index (χ1n) is 6.70. The van der Waals surface area contributed by atoms with E-state index in [1.54, 1.807) is 11.3 Å². The van der Waals surface area contributed by atoms with Crippen LogP contribution >= 0.6 is 34.0 Å². The van der Waals surface area contributed by atoms with E-state index in [0.717, 1.165) is 20.6 Å². The molecule has 0 aliphatic heterocycles. The molecule has 0 aliphatic rings. The topological polar surface area (TPSA) is 67.8 Å². The number of carbonyl (C=O) groups is 1. The summed E-state index contributed by atoms with van der Waals surface area (Å²) < 4.78 is 0. The van der Waals surface area contributed by atoms with Gasteiger partial charge in [0.05, 0.1) is 10.6 Å². The molecule has 0 spiro atoms. The van der Waals surface area contributed by atoms with Gasteiger partial charge in [0, 0.05) is 5.92 Å². The lowest BCUT2D eigenvalue weighted by Gasteiger charge is -1.98. The Bertz CT molecular complexity index is 789. The maximum atomic E-state index is 12.4. The van der Waals surface area contributed by atoms with Gasteiger partial charge in [0.25, 0.3) is 5.91 Å². The highest BCUT2D eigenvalue weighted by atomic mass is 32.1. The van der Waals surface area contributed by atoms with Crippen LogP contribution in [-0.4, -0.2) is 21.1 Å². The van der Waals surface area contributed by atoms with Crippen LogP contribution in [0.1, 0.15) is 40.1 Å². The van der Waals surface area contributed by atoms with Gasteiger partial charge in [-0.2, -0.15) is 0 Å². The largest absolute Gasteiger partial charge is 0.296 e. The van der Waals surface area contributed by atoms with Crippen molar-refractivity contribution in [1.29, 1.82) is 0 Å². The molecule has 8 heteroatoms. The van der Waals surface area contributed by atoms with Crippen molar-refractivity contribution in [3.8, 4) is 9.88 Å². The maximum Gasteiger partial charge on any atom is 0.269 e. The van der Waals surface area contributed by atoms with E-state index in [2.05, 4.69) is 20.5 Å². The third kappa shape index (κ3) is 3.08. The quantitative estimate of drug-likeness (QED) is 0.757. The molecule has 0 saturated heterocycles. The first-order chi connectivity index (χ1) is 10.5. The van der Waals surface area contributed by atoms with Crippen LogP contribution in [0.15, 0.2) is 17.5 Å². The number of hydrogen-bond acceptors (Lipinski definition) is 7. The fraction of sp³-hybridized carbons (Fsp3) is 0.286. The van der Waals surface area contributed by atoms with Crippen LogP contribution in [0.2, 0.25) is 0 Å². The number of nitrogens with one attached hydrogen (secondary N) is 1. The minimum absolute atomic E-state index is 0.177. The summed E-state index contributed by atoms with van der Waals surface area (Å²) in [6.45, 7) is 5.95. The molecule has 0 fully saturated rings. The van der Waals surface area contributed by atoms with E-state index < -0.39 is 0 Å². The van der Waals surface area contributed by atoms with Crippen LogP contribution in [0, 0.1) is 6.92 Å². The van der Waals surface area contributed by atoms with Crippen molar-refractivity contribution in [1.82, 2.24) is 15.2 Å². The Morgan fingerprint density at radius 2 is 2.09 bits per heavy atom. The van der Waals surface area contributed by atoms with Crippen LogP contribution in [-0.2, 0) is 0 Å². The van der Waals surface area contributed by atoms with E-state index >= 15 is 0 Å². The summed E-state index contributed by atoms with van der Waals surface area (Å²) in [7, 11) is 0. The Hall–Kier alpha value is -1.64. The van der Waals surface area contributed by atoms with E-state index in [-0.39, 0.29) is 5.91 Å². The molecule has 0 bridgehead atoms. The van der Waals surface area contributed by atoms with Gasteiger partial charge >= 0.3 is 0 Å². The summed E-state index contributed by atoms with van der Waals surface area (Å²) in [6.07, 6.45) is 0. The van der Waals surface area contributed by atoms with Crippen molar-refractivity contribution in [2.75, 3.05) is 5.32 Å². The standard InChI is InChI=1S/C14H14N4OS3/c1-7(2)12-17-18-14(22-12)16-11(19)10-8(3)15-13(21-10)9-5-4-6-20-9/h4-7H,1-3H3,(H,16,18,19). The summed E-state index contributed by atoms with van der Waals surface area (Å²) in [5.74, 6) is 0.128. The molecule has 0 radical (unpaired) electrons. The Morgan fingerprint density at radius 3 is 2.73 bits per heavy atom. The van der Waals surface area contributed by atoms with Gasteiger partial charge in [-0.1, -0.05) is 31.3 Å². The molecule has 22 heavy (non-hydrogen) atoms. The molecule has 3 aromatic rings. The maximum absolute atomic E-state index is 12.4. The molecule has 3 aromatic heterocycles. The molecule has 1 N–H and O–H groups in total. The fourth-order valence-electron chi connectivity index (χ4n) is 1.79. The number of carbonyl (C=O) groups excluding carboxylic acids is 1. The number of amides is 1. The van der Waals surface area contributed by atoms with Gasteiger partial charge < -0.3 is 0 Å². The number of hydrogen-bond donors (Lipinski definition) is 1. The van der Waals surface area contributed by atoms with E-state index in [1.807, 2.05) is 38.3 Å². The number of aromatic nitrogens is 3.